The minimum absolute atomic E-state index is 0.239. The summed E-state index contributed by atoms with van der Waals surface area (Å²) in [6.45, 7) is 1.66. The number of aromatic amines is 1. The van der Waals surface area contributed by atoms with E-state index in [2.05, 4.69) is 46.8 Å². The third-order valence-electron chi connectivity index (χ3n) is 6.04. The Balaban J connectivity index is 1.57. The van der Waals surface area contributed by atoms with Gasteiger partial charge in [0.05, 0.1) is 5.56 Å². The lowest BCUT2D eigenvalue weighted by molar-refractivity contribution is 0.401. The molecule has 1 aliphatic rings. The van der Waals surface area contributed by atoms with Gasteiger partial charge in [0.2, 0.25) is 0 Å². The maximum Gasteiger partial charge on any atom is 0.329 e. The number of anilines is 1. The highest BCUT2D eigenvalue weighted by Crippen LogP contribution is 2.27. The van der Waals surface area contributed by atoms with Crippen LogP contribution in [0.2, 0.25) is 0 Å². The van der Waals surface area contributed by atoms with E-state index in [-0.39, 0.29) is 11.2 Å². The molecule has 5 nitrogen and oxygen atoms in total. The van der Waals surface area contributed by atoms with E-state index in [1.54, 1.807) is 0 Å². The highest BCUT2D eigenvalue weighted by molar-refractivity contribution is 7.80. The molecule has 1 aromatic heterocycles. The first-order chi connectivity index (χ1) is 14.5. The SMILES string of the molecule is Cn1c(=O)[nH]c(N2CCC(Cc3ccccc3)CC2)c(Cc2ccccc2S)c1=O. The summed E-state index contributed by atoms with van der Waals surface area (Å²) < 4.78 is 1.15. The largest absolute Gasteiger partial charge is 0.358 e. The predicted octanol–water partition coefficient (Wildman–Crippen LogP) is 3.41. The first kappa shape index (κ1) is 20.5. The molecule has 6 heteroatoms. The average Bonchev–Trinajstić information content (AvgIpc) is 2.77. The Kier molecular flexibility index (Phi) is 6.13. The normalized spacial score (nSPS) is 14.8. The summed E-state index contributed by atoms with van der Waals surface area (Å²) >= 11 is 4.53. The Labute approximate surface area is 181 Å². The zero-order valence-electron chi connectivity index (χ0n) is 17.2. The van der Waals surface area contributed by atoms with Crippen LogP contribution in [0.5, 0.6) is 0 Å². The molecule has 156 valence electrons. The van der Waals surface area contributed by atoms with E-state index < -0.39 is 0 Å². The molecule has 0 unspecified atom stereocenters. The molecule has 0 aliphatic carbocycles. The van der Waals surface area contributed by atoms with Gasteiger partial charge < -0.3 is 4.90 Å². The number of piperidine rings is 1. The van der Waals surface area contributed by atoms with E-state index in [0.29, 0.717) is 23.7 Å². The summed E-state index contributed by atoms with van der Waals surface area (Å²) in [7, 11) is 1.52. The van der Waals surface area contributed by atoms with Gasteiger partial charge in [0.25, 0.3) is 5.56 Å². The van der Waals surface area contributed by atoms with Crippen molar-refractivity contribution in [2.75, 3.05) is 18.0 Å². The zero-order chi connectivity index (χ0) is 21.1. The van der Waals surface area contributed by atoms with Crippen molar-refractivity contribution in [1.82, 2.24) is 9.55 Å². The third kappa shape index (κ3) is 4.38. The smallest absolute Gasteiger partial charge is 0.329 e. The molecule has 2 aromatic carbocycles. The first-order valence-electron chi connectivity index (χ1n) is 10.4. The monoisotopic (exact) mass is 421 g/mol. The van der Waals surface area contributed by atoms with Crippen molar-refractivity contribution in [3.8, 4) is 0 Å². The molecule has 0 amide bonds. The molecule has 0 saturated carbocycles. The van der Waals surface area contributed by atoms with Crippen molar-refractivity contribution in [2.24, 2.45) is 13.0 Å². The molecule has 0 spiro atoms. The lowest BCUT2D eigenvalue weighted by Gasteiger charge is -2.34. The Bertz CT molecular complexity index is 1130. The van der Waals surface area contributed by atoms with Crippen LogP contribution >= 0.6 is 12.6 Å². The molecule has 0 radical (unpaired) electrons. The molecule has 30 heavy (non-hydrogen) atoms. The number of hydrogen-bond acceptors (Lipinski definition) is 4. The number of rotatable bonds is 5. The van der Waals surface area contributed by atoms with Crippen LogP contribution in [0.3, 0.4) is 0 Å². The average molecular weight is 422 g/mol. The minimum atomic E-state index is -0.371. The molecule has 0 atom stereocenters. The summed E-state index contributed by atoms with van der Waals surface area (Å²) in [6, 6.07) is 18.3. The molecule has 0 bridgehead atoms. The third-order valence-corrected chi connectivity index (χ3v) is 6.47. The standard InChI is InChI=1S/C24H27N3O2S/c1-26-23(28)20(16-19-9-5-6-10-21(19)30)22(25-24(26)29)27-13-11-18(12-14-27)15-17-7-3-2-4-8-17/h2-10,18,30H,11-16H2,1H3,(H,25,29). The number of nitrogens with one attached hydrogen (secondary N) is 1. The second-order valence-corrected chi connectivity index (χ2v) is 8.53. The maximum atomic E-state index is 13.0. The van der Waals surface area contributed by atoms with E-state index >= 15 is 0 Å². The molecule has 1 saturated heterocycles. The van der Waals surface area contributed by atoms with Crippen LogP contribution in [0.4, 0.5) is 5.82 Å². The molecular weight excluding hydrogens is 394 g/mol. The van der Waals surface area contributed by atoms with Gasteiger partial charge in [-0.15, -0.1) is 12.6 Å². The van der Waals surface area contributed by atoms with Crippen molar-refractivity contribution in [3.63, 3.8) is 0 Å². The van der Waals surface area contributed by atoms with E-state index in [9.17, 15) is 9.59 Å². The predicted molar refractivity (Wildman–Crippen MR) is 124 cm³/mol. The van der Waals surface area contributed by atoms with Crippen LogP contribution in [0, 0.1) is 5.92 Å². The van der Waals surface area contributed by atoms with Crippen molar-refractivity contribution in [3.05, 3.63) is 92.1 Å². The molecule has 3 aromatic rings. The van der Waals surface area contributed by atoms with Gasteiger partial charge in [-0.05, 0) is 42.4 Å². The van der Waals surface area contributed by atoms with Gasteiger partial charge in [-0.2, -0.15) is 0 Å². The van der Waals surface area contributed by atoms with Gasteiger partial charge in [0.15, 0.2) is 0 Å². The van der Waals surface area contributed by atoms with Gasteiger partial charge in [0.1, 0.15) is 5.82 Å². The van der Waals surface area contributed by atoms with E-state index in [4.69, 9.17) is 0 Å². The lowest BCUT2D eigenvalue weighted by atomic mass is 9.90. The maximum absolute atomic E-state index is 13.0. The highest BCUT2D eigenvalue weighted by Gasteiger charge is 2.24. The number of thiol groups is 1. The molecular formula is C24H27N3O2S. The van der Waals surface area contributed by atoms with E-state index in [1.807, 2.05) is 30.3 Å². The number of aromatic nitrogens is 2. The van der Waals surface area contributed by atoms with Gasteiger partial charge in [0, 0.05) is 31.5 Å². The molecule has 4 rings (SSSR count). The van der Waals surface area contributed by atoms with Gasteiger partial charge in [-0.3, -0.25) is 14.3 Å². The first-order valence-corrected chi connectivity index (χ1v) is 10.9. The molecule has 1 N–H and O–H groups in total. The lowest BCUT2D eigenvalue weighted by Crippen LogP contribution is -2.42. The zero-order valence-corrected chi connectivity index (χ0v) is 18.1. The second-order valence-electron chi connectivity index (χ2n) is 8.05. The number of H-pyrrole nitrogens is 1. The number of benzene rings is 2. The van der Waals surface area contributed by atoms with Crippen LogP contribution in [0.15, 0.2) is 69.1 Å². The van der Waals surface area contributed by atoms with Crippen LogP contribution in [0.25, 0.3) is 0 Å². The fourth-order valence-electron chi connectivity index (χ4n) is 4.24. The minimum Gasteiger partial charge on any atom is -0.358 e. The van der Waals surface area contributed by atoms with Crippen LogP contribution in [-0.4, -0.2) is 22.6 Å². The molecule has 2 heterocycles. The summed E-state index contributed by atoms with van der Waals surface area (Å²) in [6.07, 6.45) is 3.59. The van der Waals surface area contributed by atoms with Gasteiger partial charge >= 0.3 is 5.69 Å². The second kappa shape index (κ2) is 8.96. The Morgan fingerprint density at radius 2 is 1.67 bits per heavy atom. The van der Waals surface area contributed by atoms with Crippen LogP contribution in [-0.2, 0) is 19.9 Å². The van der Waals surface area contributed by atoms with E-state index in [0.717, 1.165) is 47.4 Å². The molecule has 1 aliphatic heterocycles. The molecule has 1 fully saturated rings. The van der Waals surface area contributed by atoms with E-state index in [1.165, 1.54) is 12.6 Å². The quantitative estimate of drug-likeness (QED) is 0.621. The summed E-state index contributed by atoms with van der Waals surface area (Å²) in [5.41, 5.74) is 2.36. The fraction of sp³-hybridized carbons (Fsp3) is 0.333. The number of hydrogen-bond donors (Lipinski definition) is 2. The topological polar surface area (TPSA) is 58.1 Å². The van der Waals surface area contributed by atoms with Gasteiger partial charge in [-0.25, -0.2) is 4.79 Å². The fourth-order valence-corrected chi connectivity index (χ4v) is 4.48. The van der Waals surface area contributed by atoms with Crippen molar-refractivity contribution >= 4 is 18.4 Å². The van der Waals surface area contributed by atoms with Crippen LogP contribution in [0.1, 0.15) is 29.5 Å². The summed E-state index contributed by atoms with van der Waals surface area (Å²) in [4.78, 5) is 31.3. The van der Waals surface area contributed by atoms with Crippen molar-refractivity contribution in [2.45, 2.75) is 30.6 Å². The Morgan fingerprint density at radius 3 is 2.37 bits per heavy atom. The van der Waals surface area contributed by atoms with Crippen molar-refractivity contribution in [1.29, 1.82) is 0 Å². The summed E-state index contributed by atoms with van der Waals surface area (Å²) in [5.74, 6) is 1.28. The van der Waals surface area contributed by atoms with Crippen molar-refractivity contribution < 1.29 is 0 Å². The Morgan fingerprint density at radius 1 is 1.00 bits per heavy atom. The number of nitrogens with zero attached hydrogens (tertiary/aromatic N) is 2. The van der Waals surface area contributed by atoms with Crippen LogP contribution < -0.4 is 16.1 Å². The highest BCUT2D eigenvalue weighted by atomic mass is 32.1. The van der Waals surface area contributed by atoms with Gasteiger partial charge in [-0.1, -0.05) is 48.5 Å². The summed E-state index contributed by atoms with van der Waals surface area (Å²) in [5, 5.41) is 0. The Hall–Kier alpha value is -2.73.